The van der Waals surface area contributed by atoms with Crippen molar-refractivity contribution in [2.24, 2.45) is 0 Å². The monoisotopic (exact) mass is 276 g/mol. The molecule has 0 bridgehead atoms. The number of aromatic nitrogens is 3. The van der Waals surface area contributed by atoms with Gasteiger partial charge in [-0.1, -0.05) is 43.0 Å². The Bertz CT molecular complexity index is 770. The summed E-state index contributed by atoms with van der Waals surface area (Å²) in [5, 5.41) is 4.24. The summed E-state index contributed by atoms with van der Waals surface area (Å²) in [6.45, 7) is 5.72. The Hall–Kier alpha value is -2.88. The molecule has 0 fully saturated rings. The molecule has 1 aromatic carbocycles. The molecular weight excluding hydrogens is 260 g/mol. The van der Waals surface area contributed by atoms with E-state index in [2.05, 4.69) is 16.7 Å². The van der Waals surface area contributed by atoms with Crippen molar-refractivity contribution in [3.63, 3.8) is 0 Å². The van der Waals surface area contributed by atoms with E-state index in [1.165, 1.54) is 0 Å². The third kappa shape index (κ3) is 2.43. The molecule has 2 heterocycles. The third-order valence-corrected chi connectivity index (χ3v) is 3.31. The Labute approximate surface area is 123 Å². The Morgan fingerprint density at radius 1 is 1.05 bits per heavy atom. The summed E-state index contributed by atoms with van der Waals surface area (Å²) in [5.74, 6) is 0.580. The standard InChI is InChI=1S/C17H16N4/c1-12(2)21-17(18)15(11-20-21)14-8-9-16(19-10-14)13-6-4-3-5-7-13/h3-11H,1,18H2,2H3. The normalized spacial score (nSPS) is 10.5. The minimum absolute atomic E-state index is 0.580. The van der Waals surface area contributed by atoms with E-state index < -0.39 is 0 Å². The van der Waals surface area contributed by atoms with Crippen LogP contribution in [0.1, 0.15) is 6.92 Å². The highest BCUT2D eigenvalue weighted by Gasteiger charge is 2.10. The molecule has 0 unspecified atom stereocenters. The Morgan fingerprint density at radius 3 is 2.38 bits per heavy atom. The van der Waals surface area contributed by atoms with Gasteiger partial charge in [-0.25, -0.2) is 4.68 Å². The molecular formula is C17H16N4. The summed E-state index contributed by atoms with van der Waals surface area (Å²) in [6, 6.07) is 14.1. The lowest BCUT2D eigenvalue weighted by Crippen LogP contribution is -2.01. The second-order valence-electron chi connectivity index (χ2n) is 4.89. The van der Waals surface area contributed by atoms with Gasteiger partial charge in [-0.3, -0.25) is 4.98 Å². The number of nitrogen functional groups attached to an aromatic ring is 1. The first kappa shape index (κ1) is 13.1. The lowest BCUT2D eigenvalue weighted by Gasteiger charge is -2.05. The van der Waals surface area contributed by atoms with Gasteiger partial charge in [0, 0.05) is 28.6 Å². The molecule has 0 aliphatic heterocycles. The van der Waals surface area contributed by atoms with E-state index in [4.69, 9.17) is 5.73 Å². The highest BCUT2D eigenvalue weighted by Crippen LogP contribution is 2.27. The number of rotatable bonds is 3. The highest BCUT2D eigenvalue weighted by molar-refractivity contribution is 5.76. The minimum Gasteiger partial charge on any atom is -0.383 e. The lowest BCUT2D eigenvalue weighted by molar-refractivity contribution is 0.909. The van der Waals surface area contributed by atoms with Gasteiger partial charge in [-0.05, 0) is 13.0 Å². The van der Waals surface area contributed by atoms with Gasteiger partial charge in [0.15, 0.2) is 0 Å². The van der Waals surface area contributed by atoms with E-state index in [-0.39, 0.29) is 0 Å². The zero-order valence-electron chi connectivity index (χ0n) is 11.8. The van der Waals surface area contributed by atoms with Gasteiger partial charge in [0.25, 0.3) is 0 Å². The van der Waals surface area contributed by atoms with Crippen molar-refractivity contribution >= 4 is 11.5 Å². The first-order valence-electron chi connectivity index (χ1n) is 6.68. The molecule has 4 heteroatoms. The summed E-state index contributed by atoms with van der Waals surface area (Å²) in [6.07, 6.45) is 3.56. The van der Waals surface area contributed by atoms with E-state index in [0.29, 0.717) is 5.82 Å². The van der Waals surface area contributed by atoms with Crippen LogP contribution in [-0.2, 0) is 0 Å². The second kappa shape index (κ2) is 5.25. The van der Waals surface area contributed by atoms with Crippen molar-refractivity contribution in [3.05, 3.63) is 61.4 Å². The predicted octanol–water partition coefficient (Wildman–Crippen LogP) is 3.68. The Balaban J connectivity index is 1.97. The van der Waals surface area contributed by atoms with Crippen molar-refractivity contribution < 1.29 is 0 Å². The molecule has 0 saturated carbocycles. The maximum Gasteiger partial charge on any atom is 0.134 e. The number of allylic oxidation sites excluding steroid dienone is 1. The number of hydrogen-bond acceptors (Lipinski definition) is 3. The maximum atomic E-state index is 6.10. The van der Waals surface area contributed by atoms with Gasteiger partial charge in [0.1, 0.15) is 5.82 Å². The van der Waals surface area contributed by atoms with Gasteiger partial charge in [0.2, 0.25) is 0 Å². The van der Waals surface area contributed by atoms with E-state index in [9.17, 15) is 0 Å². The molecule has 3 aromatic rings. The fraction of sp³-hybridized carbons (Fsp3) is 0.0588. The number of pyridine rings is 1. The summed E-state index contributed by atoms with van der Waals surface area (Å²) < 4.78 is 1.63. The highest BCUT2D eigenvalue weighted by atomic mass is 15.3. The first-order chi connectivity index (χ1) is 10.2. The molecule has 21 heavy (non-hydrogen) atoms. The van der Waals surface area contributed by atoms with Crippen LogP contribution in [-0.4, -0.2) is 14.8 Å². The van der Waals surface area contributed by atoms with Crippen LogP contribution >= 0.6 is 0 Å². The van der Waals surface area contributed by atoms with Crippen LogP contribution in [0.2, 0.25) is 0 Å². The topological polar surface area (TPSA) is 56.7 Å². The zero-order chi connectivity index (χ0) is 14.8. The van der Waals surface area contributed by atoms with Crippen LogP contribution in [0.25, 0.3) is 28.1 Å². The van der Waals surface area contributed by atoms with Crippen LogP contribution < -0.4 is 5.73 Å². The van der Waals surface area contributed by atoms with Gasteiger partial charge < -0.3 is 5.73 Å². The molecule has 3 rings (SSSR count). The van der Waals surface area contributed by atoms with Gasteiger partial charge in [-0.15, -0.1) is 0 Å². The Morgan fingerprint density at radius 2 is 1.81 bits per heavy atom. The number of benzene rings is 1. The number of hydrogen-bond donors (Lipinski definition) is 1. The summed E-state index contributed by atoms with van der Waals surface area (Å²) >= 11 is 0. The van der Waals surface area contributed by atoms with E-state index >= 15 is 0 Å². The Kier molecular flexibility index (Phi) is 3.28. The zero-order valence-corrected chi connectivity index (χ0v) is 11.8. The average Bonchev–Trinajstić information content (AvgIpc) is 2.90. The lowest BCUT2D eigenvalue weighted by atomic mass is 10.1. The van der Waals surface area contributed by atoms with Crippen molar-refractivity contribution in [2.75, 3.05) is 5.73 Å². The van der Waals surface area contributed by atoms with Crippen LogP contribution in [0.5, 0.6) is 0 Å². The molecule has 2 aromatic heterocycles. The van der Waals surface area contributed by atoms with Gasteiger partial charge >= 0.3 is 0 Å². The summed E-state index contributed by atoms with van der Waals surface area (Å²) in [5.41, 5.74) is 10.7. The second-order valence-corrected chi connectivity index (χ2v) is 4.89. The minimum atomic E-state index is 0.580. The molecule has 104 valence electrons. The van der Waals surface area contributed by atoms with Crippen molar-refractivity contribution in [1.29, 1.82) is 0 Å². The molecule has 0 atom stereocenters. The molecule has 0 radical (unpaired) electrons. The smallest absolute Gasteiger partial charge is 0.134 e. The van der Waals surface area contributed by atoms with Crippen molar-refractivity contribution in [1.82, 2.24) is 14.8 Å². The molecule has 0 spiro atoms. The predicted molar refractivity (Wildman–Crippen MR) is 86.3 cm³/mol. The SMILES string of the molecule is C=C(C)n1ncc(-c2ccc(-c3ccccc3)nc2)c1N. The quantitative estimate of drug-likeness (QED) is 0.793. The van der Waals surface area contributed by atoms with Crippen LogP contribution in [0, 0.1) is 0 Å². The first-order valence-corrected chi connectivity index (χ1v) is 6.68. The molecule has 0 saturated heterocycles. The number of nitrogens with two attached hydrogens (primary N) is 1. The third-order valence-electron chi connectivity index (χ3n) is 3.31. The van der Waals surface area contributed by atoms with Crippen molar-refractivity contribution in [3.8, 4) is 22.4 Å². The van der Waals surface area contributed by atoms with E-state index in [1.54, 1.807) is 10.9 Å². The van der Waals surface area contributed by atoms with Crippen LogP contribution in [0.3, 0.4) is 0 Å². The van der Waals surface area contributed by atoms with E-state index in [0.717, 1.165) is 28.1 Å². The summed E-state index contributed by atoms with van der Waals surface area (Å²) in [7, 11) is 0. The van der Waals surface area contributed by atoms with Crippen LogP contribution in [0.15, 0.2) is 61.4 Å². The fourth-order valence-electron chi connectivity index (χ4n) is 2.22. The van der Waals surface area contributed by atoms with Crippen molar-refractivity contribution in [2.45, 2.75) is 6.92 Å². The molecule has 0 amide bonds. The largest absolute Gasteiger partial charge is 0.383 e. The fourth-order valence-corrected chi connectivity index (χ4v) is 2.22. The van der Waals surface area contributed by atoms with E-state index in [1.807, 2.05) is 55.6 Å². The number of anilines is 1. The van der Waals surface area contributed by atoms with Gasteiger partial charge in [-0.2, -0.15) is 5.10 Å². The average molecular weight is 276 g/mol. The molecule has 2 N–H and O–H groups in total. The molecule has 4 nitrogen and oxygen atoms in total. The molecule has 0 aliphatic carbocycles. The van der Waals surface area contributed by atoms with Crippen LogP contribution in [0.4, 0.5) is 5.82 Å². The number of nitrogens with zero attached hydrogens (tertiary/aromatic N) is 3. The summed E-state index contributed by atoms with van der Waals surface area (Å²) in [4.78, 5) is 4.51. The van der Waals surface area contributed by atoms with Gasteiger partial charge in [0.05, 0.1) is 11.9 Å². The maximum absolute atomic E-state index is 6.10. The molecule has 0 aliphatic rings.